The van der Waals surface area contributed by atoms with Gasteiger partial charge in [0.25, 0.3) is 0 Å². The van der Waals surface area contributed by atoms with E-state index in [9.17, 15) is 4.79 Å². The highest BCUT2D eigenvalue weighted by Crippen LogP contribution is 2.50. The van der Waals surface area contributed by atoms with E-state index in [2.05, 4.69) is 67.3 Å². The molecule has 0 bridgehead atoms. The number of aryl methyl sites for hydroxylation is 1. The zero-order valence-corrected chi connectivity index (χ0v) is 15.1. The average molecular weight is 293 g/mol. The second kappa shape index (κ2) is 4.17. The van der Waals surface area contributed by atoms with Crippen LogP contribution in [0.4, 0.5) is 0 Å². The van der Waals surface area contributed by atoms with E-state index in [0.29, 0.717) is 0 Å². The van der Waals surface area contributed by atoms with Gasteiger partial charge in [-0.25, -0.2) is 0 Å². The van der Waals surface area contributed by atoms with Crippen molar-refractivity contribution >= 4 is 17.1 Å². The number of rotatable bonds is 0. The van der Waals surface area contributed by atoms with Gasteiger partial charge in [-0.3, -0.25) is 9.69 Å². The van der Waals surface area contributed by atoms with Crippen LogP contribution < -0.4 is 0 Å². The Hall–Kier alpha value is -0.670. The van der Waals surface area contributed by atoms with Gasteiger partial charge in [0.15, 0.2) is 5.78 Å². The van der Waals surface area contributed by atoms with Crippen LogP contribution in [0.5, 0.6) is 0 Å². The molecule has 2 nitrogen and oxygen atoms in total. The van der Waals surface area contributed by atoms with Crippen molar-refractivity contribution in [2.75, 3.05) is 7.05 Å². The lowest BCUT2D eigenvalue weighted by Gasteiger charge is -2.50. The first-order valence-electron chi connectivity index (χ1n) is 7.26. The van der Waals surface area contributed by atoms with Crippen LogP contribution in [-0.4, -0.2) is 28.8 Å². The Kier molecular flexibility index (Phi) is 3.28. The Balaban J connectivity index is 2.89. The highest BCUT2D eigenvalue weighted by atomic mass is 32.1. The monoisotopic (exact) mass is 293 g/mol. The molecule has 1 aliphatic rings. The van der Waals surface area contributed by atoms with Crippen molar-refractivity contribution in [2.24, 2.45) is 0 Å². The molecule has 1 aromatic heterocycles. The van der Waals surface area contributed by atoms with Crippen LogP contribution in [0.2, 0.25) is 0 Å². The summed E-state index contributed by atoms with van der Waals surface area (Å²) in [4.78, 5) is 17.9. The summed E-state index contributed by atoms with van der Waals surface area (Å²) in [5, 5.41) is 0. The average Bonchev–Trinajstić information content (AvgIpc) is 2.62. The number of thiophene rings is 1. The third-order valence-corrected chi connectivity index (χ3v) is 7.47. The minimum absolute atomic E-state index is 0.0653. The lowest BCUT2D eigenvalue weighted by Crippen LogP contribution is -2.61. The molecule has 0 N–H and O–H groups in total. The molecule has 1 aromatic rings. The van der Waals surface area contributed by atoms with E-state index in [1.807, 2.05) is 0 Å². The van der Waals surface area contributed by atoms with Gasteiger partial charge in [-0.1, -0.05) is 13.8 Å². The molecule has 0 aromatic carbocycles. The lowest BCUT2D eigenvalue weighted by atomic mass is 9.72. The molecule has 0 fully saturated rings. The number of ketones is 1. The van der Waals surface area contributed by atoms with Gasteiger partial charge in [0.1, 0.15) is 0 Å². The Labute approximate surface area is 127 Å². The van der Waals surface area contributed by atoms with Crippen molar-refractivity contribution in [1.82, 2.24) is 4.90 Å². The second-order valence-corrected chi connectivity index (χ2v) is 8.84. The number of hydrogen-bond donors (Lipinski definition) is 0. The molecule has 112 valence electrons. The molecule has 0 saturated heterocycles. The van der Waals surface area contributed by atoms with Crippen molar-refractivity contribution < 1.29 is 4.79 Å². The van der Waals surface area contributed by atoms with Gasteiger partial charge in [0.2, 0.25) is 0 Å². The predicted molar refractivity (Wildman–Crippen MR) is 87.1 cm³/mol. The third kappa shape index (κ3) is 1.69. The van der Waals surface area contributed by atoms with Gasteiger partial charge >= 0.3 is 0 Å². The highest BCUT2D eigenvalue weighted by Gasteiger charge is 2.54. The van der Waals surface area contributed by atoms with Gasteiger partial charge in [0.05, 0.1) is 5.54 Å². The topological polar surface area (TPSA) is 20.3 Å². The fourth-order valence-electron chi connectivity index (χ4n) is 3.19. The van der Waals surface area contributed by atoms with E-state index in [0.717, 1.165) is 5.56 Å². The molecular weight excluding hydrogens is 266 g/mol. The van der Waals surface area contributed by atoms with Crippen LogP contribution in [0.15, 0.2) is 0 Å². The fraction of sp³-hybridized carbons (Fsp3) is 0.706. The molecule has 0 radical (unpaired) electrons. The van der Waals surface area contributed by atoms with Crippen molar-refractivity contribution in [1.29, 1.82) is 0 Å². The zero-order chi connectivity index (χ0) is 15.7. The Morgan fingerprint density at radius 2 is 1.50 bits per heavy atom. The first-order valence-corrected chi connectivity index (χ1v) is 8.07. The summed E-state index contributed by atoms with van der Waals surface area (Å²) in [7, 11) is 2.08. The maximum atomic E-state index is 13.1. The molecular formula is C17H27NOS. The van der Waals surface area contributed by atoms with Crippen LogP contribution in [-0.2, 0) is 5.41 Å². The van der Waals surface area contributed by atoms with Crippen molar-refractivity contribution in [3.8, 4) is 0 Å². The Morgan fingerprint density at radius 1 is 1.00 bits per heavy atom. The summed E-state index contributed by atoms with van der Waals surface area (Å²) >= 11 is 1.80. The number of hydrogen-bond acceptors (Lipinski definition) is 3. The second-order valence-electron chi connectivity index (χ2n) is 7.62. The number of likely N-dealkylation sites (N-methyl/N-ethyl adjacent to an activating group) is 1. The minimum Gasteiger partial charge on any atom is -0.292 e. The molecule has 0 unspecified atom stereocenters. The number of Topliss-reactive ketones (excluding diaryl/α,β-unsaturated/α-hetero) is 1. The standard InChI is InChI=1S/C17H27NOS/c1-10-11(2)20-14-12(10)13(19)16(5,6)18(9)17(7,8)15(14,3)4/h1-9H3. The highest BCUT2D eigenvalue weighted by molar-refractivity contribution is 7.12. The van der Waals surface area contributed by atoms with Crippen molar-refractivity contribution in [3.05, 3.63) is 20.9 Å². The van der Waals surface area contributed by atoms with Gasteiger partial charge in [-0.15, -0.1) is 11.3 Å². The van der Waals surface area contributed by atoms with Gasteiger partial charge in [0, 0.05) is 26.3 Å². The third-order valence-electron chi connectivity index (χ3n) is 5.94. The molecule has 1 aliphatic heterocycles. The summed E-state index contributed by atoms with van der Waals surface area (Å²) in [5.41, 5.74) is 1.50. The van der Waals surface area contributed by atoms with Crippen LogP contribution in [0.25, 0.3) is 0 Å². The molecule has 0 spiro atoms. The molecule has 3 heteroatoms. The first kappa shape index (κ1) is 15.7. The summed E-state index contributed by atoms with van der Waals surface area (Å²) in [6, 6.07) is 0. The number of fused-ring (bicyclic) bond motifs is 1. The maximum Gasteiger partial charge on any atom is 0.183 e. The van der Waals surface area contributed by atoms with Gasteiger partial charge in [-0.2, -0.15) is 0 Å². The van der Waals surface area contributed by atoms with Gasteiger partial charge < -0.3 is 0 Å². The smallest absolute Gasteiger partial charge is 0.183 e. The minimum atomic E-state index is -0.482. The molecule has 0 amide bonds. The van der Waals surface area contributed by atoms with E-state index >= 15 is 0 Å². The lowest BCUT2D eigenvalue weighted by molar-refractivity contribution is 0.0115. The number of nitrogens with zero attached hydrogens (tertiary/aromatic N) is 1. The Morgan fingerprint density at radius 3 is 2.00 bits per heavy atom. The Bertz CT molecular complexity index is 578. The summed E-state index contributed by atoms with van der Waals surface area (Å²) in [6.07, 6.45) is 0. The molecule has 2 heterocycles. The fourth-order valence-corrected chi connectivity index (χ4v) is 4.61. The SMILES string of the molecule is Cc1sc2c(c1C)C(=O)C(C)(C)N(C)C(C)(C)C2(C)C. The maximum absolute atomic E-state index is 13.1. The van der Waals surface area contributed by atoms with Crippen LogP contribution in [0, 0.1) is 13.8 Å². The summed E-state index contributed by atoms with van der Waals surface area (Å²) in [5.74, 6) is 0.260. The van der Waals surface area contributed by atoms with E-state index in [1.54, 1.807) is 11.3 Å². The van der Waals surface area contributed by atoms with Crippen LogP contribution >= 0.6 is 11.3 Å². The van der Waals surface area contributed by atoms with Crippen LogP contribution in [0.3, 0.4) is 0 Å². The number of carbonyl (C=O) groups excluding carboxylic acids is 1. The van der Waals surface area contributed by atoms with E-state index in [4.69, 9.17) is 0 Å². The molecule has 0 atom stereocenters. The number of carbonyl (C=O) groups is 1. The molecule has 0 saturated carbocycles. The molecule has 2 rings (SSSR count). The van der Waals surface area contributed by atoms with E-state index in [1.165, 1.54) is 15.3 Å². The van der Waals surface area contributed by atoms with Crippen molar-refractivity contribution in [2.45, 2.75) is 71.9 Å². The zero-order valence-electron chi connectivity index (χ0n) is 14.3. The first-order chi connectivity index (χ1) is 8.86. The quantitative estimate of drug-likeness (QED) is 0.709. The predicted octanol–water partition coefficient (Wildman–Crippen LogP) is 4.33. The largest absolute Gasteiger partial charge is 0.292 e. The van der Waals surface area contributed by atoms with Gasteiger partial charge in [-0.05, 0) is 54.2 Å². The summed E-state index contributed by atoms with van der Waals surface area (Å²) < 4.78 is 0. The van der Waals surface area contributed by atoms with Crippen molar-refractivity contribution in [3.63, 3.8) is 0 Å². The molecule has 0 aliphatic carbocycles. The van der Waals surface area contributed by atoms with Crippen LogP contribution in [0.1, 0.15) is 67.2 Å². The van der Waals surface area contributed by atoms with E-state index < -0.39 is 5.54 Å². The summed E-state index contributed by atoms with van der Waals surface area (Å²) in [6.45, 7) is 17.4. The normalized spacial score (nSPS) is 24.4. The van der Waals surface area contributed by atoms with E-state index in [-0.39, 0.29) is 16.7 Å². The molecule has 20 heavy (non-hydrogen) atoms.